The zero-order valence-corrected chi connectivity index (χ0v) is 11.7. The normalized spacial score (nSPS) is 11.4. The lowest BCUT2D eigenvalue weighted by Crippen LogP contribution is -2.27. The predicted octanol–water partition coefficient (Wildman–Crippen LogP) is 1.98. The van der Waals surface area contributed by atoms with Crippen molar-refractivity contribution in [3.63, 3.8) is 0 Å². The maximum atomic E-state index is 12.4. The van der Waals surface area contributed by atoms with Crippen LogP contribution in [-0.2, 0) is 24.1 Å². The van der Waals surface area contributed by atoms with Gasteiger partial charge in [-0.05, 0) is 18.2 Å². The Bertz CT molecular complexity index is 693. The number of rotatable bonds is 5. The molecular weight excluding hydrogens is 323 g/mol. The Balaban J connectivity index is 1.87. The number of carbonyl (C=O) groups excluding carboxylic acids is 1. The summed E-state index contributed by atoms with van der Waals surface area (Å²) in [5.74, 6) is -1.58. The lowest BCUT2D eigenvalue weighted by atomic mass is 10.4. The topological polar surface area (TPSA) is 84.2 Å². The molecule has 0 aromatic carbocycles. The van der Waals surface area contributed by atoms with Crippen molar-refractivity contribution in [3.8, 4) is 0 Å². The van der Waals surface area contributed by atoms with Crippen molar-refractivity contribution in [1.82, 2.24) is 15.1 Å². The van der Waals surface area contributed by atoms with E-state index in [1.165, 1.54) is 6.07 Å². The minimum Gasteiger partial charge on any atom is -0.477 e. The van der Waals surface area contributed by atoms with Crippen molar-refractivity contribution in [3.05, 3.63) is 39.8 Å². The van der Waals surface area contributed by atoms with Crippen LogP contribution in [0.5, 0.6) is 0 Å². The molecule has 0 aliphatic rings. The van der Waals surface area contributed by atoms with E-state index in [2.05, 4.69) is 10.4 Å². The van der Waals surface area contributed by atoms with Gasteiger partial charge in [-0.3, -0.25) is 9.48 Å². The molecule has 2 heterocycles. The van der Waals surface area contributed by atoms with Gasteiger partial charge in [0.15, 0.2) is 5.69 Å². The van der Waals surface area contributed by atoms with Crippen molar-refractivity contribution in [2.45, 2.75) is 19.3 Å². The molecule has 0 saturated heterocycles. The monoisotopic (exact) mass is 333 g/mol. The van der Waals surface area contributed by atoms with E-state index < -0.39 is 23.7 Å². The fourth-order valence-electron chi connectivity index (χ4n) is 1.58. The number of halogens is 3. The second kappa shape index (κ2) is 6.18. The Morgan fingerprint density at radius 1 is 1.32 bits per heavy atom. The van der Waals surface area contributed by atoms with Crippen LogP contribution in [0.4, 0.5) is 13.2 Å². The Morgan fingerprint density at radius 3 is 2.59 bits per heavy atom. The minimum atomic E-state index is -4.55. The van der Waals surface area contributed by atoms with Crippen molar-refractivity contribution in [1.29, 1.82) is 0 Å². The molecule has 10 heteroatoms. The smallest absolute Gasteiger partial charge is 0.435 e. The van der Waals surface area contributed by atoms with Gasteiger partial charge in [-0.2, -0.15) is 18.3 Å². The molecule has 0 unspecified atom stereocenters. The van der Waals surface area contributed by atoms with Gasteiger partial charge in [0.25, 0.3) is 0 Å². The first-order valence-electron chi connectivity index (χ1n) is 5.95. The highest BCUT2D eigenvalue weighted by Gasteiger charge is 2.33. The Labute approximate surface area is 126 Å². The third-order valence-corrected chi connectivity index (χ3v) is 3.64. The van der Waals surface area contributed by atoms with Crippen molar-refractivity contribution in [2.24, 2.45) is 0 Å². The molecule has 0 bridgehead atoms. The van der Waals surface area contributed by atoms with Crippen LogP contribution in [-0.4, -0.2) is 26.8 Å². The number of carboxylic acid groups (broad SMARTS) is 1. The first-order valence-corrected chi connectivity index (χ1v) is 6.76. The zero-order chi connectivity index (χ0) is 16.3. The highest BCUT2D eigenvalue weighted by atomic mass is 32.1. The van der Waals surface area contributed by atoms with Crippen LogP contribution in [0, 0.1) is 0 Å². The number of hydrogen-bond donors (Lipinski definition) is 2. The van der Waals surface area contributed by atoms with Gasteiger partial charge in [-0.25, -0.2) is 4.79 Å². The van der Waals surface area contributed by atoms with Crippen LogP contribution in [0.15, 0.2) is 24.4 Å². The van der Waals surface area contributed by atoms with E-state index >= 15 is 0 Å². The number of thiophene rings is 1. The van der Waals surface area contributed by atoms with E-state index in [-0.39, 0.29) is 18.0 Å². The zero-order valence-electron chi connectivity index (χ0n) is 10.9. The summed E-state index contributed by atoms with van der Waals surface area (Å²) in [4.78, 5) is 23.1. The summed E-state index contributed by atoms with van der Waals surface area (Å²) in [5, 5.41) is 14.5. The standard InChI is InChI=1S/C12H10F3N3O3S/c13-12(14,15)9-3-4-18(17-9)6-10(19)16-5-7-1-2-8(22-7)11(20)21/h1-4H,5-6H2,(H,16,19)(H,20,21). The molecule has 22 heavy (non-hydrogen) atoms. The Morgan fingerprint density at radius 2 is 2.05 bits per heavy atom. The molecule has 0 radical (unpaired) electrons. The number of alkyl halides is 3. The maximum Gasteiger partial charge on any atom is 0.435 e. The molecule has 118 valence electrons. The fourth-order valence-corrected chi connectivity index (χ4v) is 2.36. The van der Waals surface area contributed by atoms with Gasteiger partial charge in [0, 0.05) is 11.1 Å². The average molecular weight is 333 g/mol. The number of amides is 1. The molecule has 0 atom stereocenters. The third-order valence-electron chi connectivity index (χ3n) is 2.57. The van der Waals surface area contributed by atoms with E-state index in [0.717, 1.165) is 28.3 Å². The van der Waals surface area contributed by atoms with Crippen molar-refractivity contribution in [2.75, 3.05) is 0 Å². The quantitative estimate of drug-likeness (QED) is 0.876. The van der Waals surface area contributed by atoms with Crippen LogP contribution in [0.1, 0.15) is 20.2 Å². The summed E-state index contributed by atoms with van der Waals surface area (Å²) in [6, 6.07) is 3.76. The van der Waals surface area contributed by atoms with Crippen LogP contribution in [0.3, 0.4) is 0 Å². The first-order chi connectivity index (χ1) is 10.3. The second-order valence-corrected chi connectivity index (χ2v) is 5.41. The van der Waals surface area contributed by atoms with Gasteiger partial charge >= 0.3 is 12.1 Å². The highest BCUT2D eigenvalue weighted by Crippen LogP contribution is 2.27. The molecular formula is C12H10F3N3O3S. The summed E-state index contributed by atoms with van der Waals surface area (Å²) in [6.07, 6.45) is -3.48. The minimum absolute atomic E-state index is 0.101. The number of aromatic carboxylic acids is 1. The maximum absolute atomic E-state index is 12.4. The predicted molar refractivity (Wildman–Crippen MR) is 70.4 cm³/mol. The first kappa shape index (κ1) is 16.0. The largest absolute Gasteiger partial charge is 0.477 e. The molecule has 0 spiro atoms. The molecule has 1 amide bonds. The SMILES string of the molecule is O=C(Cn1ccc(C(F)(F)F)n1)NCc1ccc(C(=O)O)s1. The van der Waals surface area contributed by atoms with E-state index in [1.54, 1.807) is 6.07 Å². The van der Waals surface area contributed by atoms with Crippen molar-refractivity contribution >= 4 is 23.2 Å². The number of aromatic nitrogens is 2. The van der Waals surface area contributed by atoms with Gasteiger partial charge < -0.3 is 10.4 Å². The second-order valence-electron chi connectivity index (χ2n) is 4.24. The lowest BCUT2D eigenvalue weighted by Gasteiger charge is -2.04. The lowest BCUT2D eigenvalue weighted by molar-refractivity contribution is -0.141. The van der Waals surface area contributed by atoms with Crippen molar-refractivity contribution < 1.29 is 27.9 Å². The van der Waals surface area contributed by atoms with Crippen LogP contribution in [0.25, 0.3) is 0 Å². The van der Waals surface area contributed by atoms with Crippen LogP contribution < -0.4 is 5.32 Å². The third kappa shape index (κ3) is 4.07. The molecule has 0 fully saturated rings. The van der Waals surface area contributed by atoms with Crippen LogP contribution in [0.2, 0.25) is 0 Å². The molecule has 2 aromatic heterocycles. The Hall–Kier alpha value is -2.36. The molecule has 2 rings (SSSR count). The summed E-state index contributed by atoms with van der Waals surface area (Å²) in [6.45, 7) is -0.253. The fraction of sp³-hybridized carbons (Fsp3) is 0.250. The van der Waals surface area contributed by atoms with Gasteiger partial charge in [0.05, 0.1) is 6.54 Å². The van der Waals surface area contributed by atoms with E-state index in [9.17, 15) is 22.8 Å². The number of carboxylic acids is 1. The molecule has 0 aliphatic carbocycles. The number of nitrogens with zero attached hydrogens (tertiary/aromatic N) is 2. The summed E-state index contributed by atoms with van der Waals surface area (Å²) < 4.78 is 37.9. The molecule has 6 nitrogen and oxygen atoms in total. The summed E-state index contributed by atoms with van der Waals surface area (Å²) >= 11 is 1.01. The summed E-state index contributed by atoms with van der Waals surface area (Å²) in [5.41, 5.74) is -1.07. The van der Waals surface area contributed by atoms with E-state index in [4.69, 9.17) is 5.11 Å². The van der Waals surface area contributed by atoms with Gasteiger partial charge in [0.1, 0.15) is 11.4 Å². The number of hydrogen-bond acceptors (Lipinski definition) is 4. The molecule has 0 saturated carbocycles. The molecule has 2 aromatic rings. The number of carbonyl (C=O) groups is 2. The van der Waals surface area contributed by atoms with Crippen LogP contribution >= 0.6 is 11.3 Å². The van der Waals surface area contributed by atoms with E-state index in [0.29, 0.717) is 4.88 Å². The van der Waals surface area contributed by atoms with Gasteiger partial charge in [0.2, 0.25) is 5.91 Å². The van der Waals surface area contributed by atoms with Gasteiger partial charge in [-0.15, -0.1) is 11.3 Å². The van der Waals surface area contributed by atoms with Gasteiger partial charge in [-0.1, -0.05) is 0 Å². The molecule has 0 aliphatic heterocycles. The molecule has 2 N–H and O–H groups in total. The summed E-state index contributed by atoms with van der Waals surface area (Å²) in [7, 11) is 0. The number of nitrogens with one attached hydrogen (secondary N) is 1. The highest BCUT2D eigenvalue weighted by molar-refractivity contribution is 7.13. The Kier molecular flexibility index (Phi) is 4.50. The average Bonchev–Trinajstić information content (AvgIpc) is 3.04. The van der Waals surface area contributed by atoms with E-state index in [1.807, 2.05) is 0 Å².